The molecule has 25 heavy (non-hydrogen) atoms. The van der Waals surface area contributed by atoms with Gasteiger partial charge in [0.05, 0.1) is 5.56 Å². The number of halogens is 3. The summed E-state index contributed by atoms with van der Waals surface area (Å²) in [5.41, 5.74) is 0.655. The summed E-state index contributed by atoms with van der Waals surface area (Å²) in [7, 11) is 0. The van der Waals surface area contributed by atoms with Gasteiger partial charge in [0.15, 0.2) is 6.61 Å². The van der Waals surface area contributed by atoms with E-state index in [0.717, 1.165) is 21.9 Å². The van der Waals surface area contributed by atoms with E-state index in [9.17, 15) is 22.8 Å². The molecule has 1 amide bonds. The number of aryl methyl sites for hydroxylation is 2. The summed E-state index contributed by atoms with van der Waals surface area (Å²) in [4.78, 5) is 25.4. The van der Waals surface area contributed by atoms with E-state index in [1.54, 1.807) is 13.0 Å². The van der Waals surface area contributed by atoms with Crippen molar-refractivity contribution in [3.63, 3.8) is 0 Å². The maximum atomic E-state index is 12.1. The minimum atomic E-state index is -4.78. The van der Waals surface area contributed by atoms with Crippen molar-refractivity contribution in [2.75, 3.05) is 11.9 Å². The topological polar surface area (TPSA) is 64.6 Å². The van der Waals surface area contributed by atoms with Crippen LogP contribution in [-0.4, -0.2) is 24.8 Å². The molecule has 0 spiro atoms. The Bertz CT molecular complexity index is 769. The largest absolute Gasteiger partial charge is 0.573 e. The van der Waals surface area contributed by atoms with Crippen molar-refractivity contribution in [1.29, 1.82) is 0 Å². The van der Waals surface area contributed by atoms with Crippen molar-refractivity contribution < 1.29 is 32.2 Å². The van der Waals surface area contributed by atoms with Gasteiger partial charge < -0.3 is 14.8 Å². The van der Waals surface area contributed by atoms with Crippen molar-refractivity contribution in [2.24, 2.45) is 0 Å². The highest BCUT2D eigenvalue weighted by Crippen LogP contribution is 2.24. The van der Waals surface area contributed by atoms with Gasteiger partial charge >= 0.3 is 12.3 Å². The van der Waals surface area contributed by atoms with E-state index in [2.05, 4.69) is 10.1 Å². The number of rotatable bonds is 5. The summed E-state index contributed by atoms with van der Waals surface area (Å²) in [5, 5.41) is 2.41. The summed E-state index contributed by atoms with van der Waals surface area (Å²) in [5.74, 6) is -1.62. The second-order valence-electron chi connectivity index (χ2n) is 5.02. The lowest BCUT2D eigenvalue weighted by Gasteiger charge is -2.10. The zero-order valence-electron chi connectivity index (χ0n) is 13.3. The molecule has 0 fully saturated rings. The number of nitrogens with one attached hydrogen (secondary N) is 1. The van der Waals surface area contributed by atoms with Gasteiger partial charge in [-0.05, 0) is 44.2 Å². The highest BCUT2D eigenvalue weighted by Gasteiger charge is 2.30. The van der Waals surface area contributed by atoms with Crippen LogP contribution in [0.3, 0.4) is 0 Å². The van der Waals surface area contributed by atoms with E-state index < -0.39 is 30.6 Å². The Morgan fingerprint density at radius 3 is 2.32 bits per heavy atom. The average Bonchev–Trinajstić information content (AvgIpc) is 2.84. The van der Waals surface area contributed by atoms with Crippen molar-refractivity contribution in [2.45, 2.75) is 20.2 Å². The molecule has 0 unspecified atom stereocenters. The van der Waals surface area contributed by atoms with Gasteiger partial charge in [-0.3, -0.25) is 4.79 Å². The highest BCUT2D eigenvalue weighted by atomic mass is 32.1. The van der Waals surface area contributed by atoms with E-state index in [0.29, 0.717) is 5.56 Å². The fraction of sp³-hybridized carbons (Fsp3) is 0.250. The first-order chi connectivity index (χ1) is 11.6. The van der Waals surface area contributed by atoms with Crippen molar-refractivity contribution in [1.82, 2.24) is 0 Å². The molecule has 2 rings (SSSR count). The molecule has 1 aromatic carbocycles. The van der Waals surface area contributed by atoms with Gasteiger partial charge in [0.2, 0.25) is 0 Å². The minimum Gasteiger partial charge on any atom is -0.452 e. The number of anilines is 1. The molecular weight excluding hydrogens is 359 g/mol. The van der Waals surface area contributed by atoms with E-state index in [1.165, 1.54) is 23.5 Å². The number of benzene rings is 1. The maximum Gasteiger partial charge on any atom is 0.573 e. The number of amides is 1. The number of carbonyl (C=O) groups excluding carboxylic acids is 2. The summed E-state index contributed by atoms with van der Waals surface area (Å²) in [6, 6.07) is 6.29. The van der Waals surface area contributed by atoms with Gasteiger partial charge in [-0.15, -0.1) is 24.5 Å². The monoisotopic (exact) mass is 373 g/mol. The lowest BCUT2D eigenvalue weighted by molar-refractivity contribution is -0.274. The first-order valence-corrected chi connectivity index (χ1v) is 7.85. The first-order valence-electron chi connectivity index (χ1n) is 7.04. The Morgan fingerprint density at radius 1 is 1.16 bits per heavy atom. The van der Waals surface area contributed by atoms with E-state index >= 15 is 0 Å². The number of hydrogen-bond donors (Lipinski definition) is 1. The number of thiophene rings is 1. The summed E-state index contributed by atoms with van der Waals surface area (Å²) >= 11 is 1.45. The third kappa shape index (κ3) is 5.79. The SMILES string of the molecule is Cc1cc(C(=O)OCC(=O)Nc2ccc(OC(F)(F)F)cc2)c(C)s1. The van der Waals surface area contributed by atoms with Gasteiger partial charge in [0.25, 0.3) is 5.91 Å². The summed E-state index contributed by atoms with van der Waals surface area (Å²) in [6.07, 6.45) is -4.78. The van der Waals surface area contributed by atoms with Crippen LogP contribution in [0.5, 0.6) is 5.75 Å². The third-order valence-corrected chi connectivity index (χ3v) is 3.93. The Kier molecular flexibility index (Phi) is 5.68. The third-order valence-electron chi connectivity index (χ3n) is 2.97. The Morgan fingerprint density at radius 2 is 1.80 bits per heavy atom. The van der Waals surface area contributed by atoms with Crippen molar-refractivity contribution >= 4 is 28.9 Å². The minimum absolute atomic E-state index is 0.248. The molecule has 0 aliphatic carbocycles. The molecular formula is C16H14F3NO4S. The van der Waals surface area contributed by atoms with Crippen LogP contribution in [0, 0.1) is 13.8 Å². The Hall–Kier alpha value is -2.55. The molecule has 1 aromatic heterocycles. The lowest BCUT2D eigenvalue weighted by atomic mass is 10.2. The Balaban J connectivity index is 1.86. The first kappa shape index (κ1) is 18.8. The van der Waals surface area contributed by atoms with Gasteiger partial charge in [0.1, 0.15) is 5.75 Å². The zero-order valence-corrected chi connectivity index (χ0v) is 14.1. The van der Waals surface area contributed by atoms with Crippen LogP contribution in [-0.2, 0) is 9.53 Å². The van der Waals surface area contributed by atoms with Crippen LogP contribution < -0.4 is 10.1 Å². The molecule has 1 N–H and O–H groups in total. The van der Waals surface area contributed by atoms with Gasteiger partial charge in [-0.2, -0.15) is 0 Å². The van der Waals surface area contributed by atoms with E-state index in [1.807, 2.05) is 6.92 Å². The molecule has 5 nitrogen and oxygen atoms in total. The number of carbonyl (C=O) groups is 2. The van der Waals surface area contributed by atoms with Crippen LogP contribution >= 0.6 is 11.3 Å². The number of hydrogen-bond acceptors (Lipinski definition) is 5. The maximum absolute atomic E-state index is 12.1. The van der Waals surface area contributed by atoms with Crippen molar-refractivity contribution in [3.8, 4) is 5.75 Å². The molecule has 0 saturated heterocycles. The molecule has 9 heteroatoms. The smallest absolute Gasteiger partial charge is 0.452 e. The Labute approximate surface area is 145 Å². The summed E-state index contributed by atoms with van der Waals surface area (Å²) < 4.78 is 44.8. The second-order valence-corrected chi connectivity index (χ2v) is 6.48. The molecule has 134 valence electrons. The van der Waals surface area contributed by atoms with Crippen molar-refractivity contribution in [3.05, 3.63) is 45.6 Å². The van der Waals surface area contributed by atoms with Crippen LogP contribution in [0.2, 0.25) is 0 Å². The van der Waals surface area contributed by atoms with Crippen LogP contribution in [0.4, 0.5) is 18.9 Å². The zero-order chi connectivity index (χ0) is 18.6. The van der Waals surface area contributed by atoms with Gasteiger partial charge in [-0.25, -0.2) is 4.79 Å². The molecule has 0 atom stereocenters. The number of alkyl halides is 3. The molecule has 0 radical (unpaired) electrons. The molecule has 0 aliphatic heterocycles. The molecule has 2 aromatic rings. The highest BCUT2D eigenvalue weighted by molar-refractivity contribution is 7.12. The van der Waals surface area contributed by atoms with Gasteiger partial charge in [0, 0.05) is 15.4 Å². The number of ether oxygens (including phenoxy) is 2. The fourth-order valence-electron chi connectivity index (χ4n) is 1.98. The summed E-state index contributed by atoms with van der Waals surface area (Å²) in [6.45, 7) is 3.13. The molecule has 0 aliphatic rings. The van der Waals surface area contributed by atoms with E-state index in [-0.39, 0.29) is 5.69 Å². The molecule has 1 heterocycles. The van der Waals surface area contributed by atoms with Crippen LogP contribution in [0.1, 0.15) is 20.1 Å². The standard InChI is InChI=1S/C16H14F3NO4S/c1-9-7-13(10(2)25-9)15(22)23-8-14(21)20-11-3-5-12(6-4-11)24-16(17,18)19/h3-7H,8H2,1-2H3,(H,20,21). The normalized spacial score (nSPS) is 11.1. The molecule has 0 bridgehead atoms. The van der Waals surface area contributed by atoms with E-state index in [4.69, 9.17) is 4.74 Å². The quantitative estimate of drug-likeness (QED) is 0.803. The average molecular weight is 373 g/mol. The number of esters is 1. The molecule has 0 saturated carbocycles. The lowest BCUT2D eigenvalue weighted by Crippen LogP contribution is -2.21. The predicted octanol–water partition coefficient (Wildman–Crippen LogP) is 4.06. The van der Waals surface area contributed by atoms with Gasteiger partial charge in [-0.1, -0.05) is 0 Å². The fourth-order valence-corrected chi connectivity index (χ4v) is 2.89. The predicted molar refractivity (Wildman–Crippen MR) is 85.8 cm³/mol. The van der Waals surface area contributed by atoms with Crippen LogP contribution in [0.15, 0.2) is 30.3 Å². The second kappa shape index (κ2) is 7.56. The van der Waals surface area contributed by atoms with Crippen LogP contribution in [0.25, 0.3) is 0 Å².